The molecule has 0 radical (unpaired) electrons. The smallest absolute Gasteiger partial charge is 0.0754 e. The van der Waals surface area contributed by atoms with E-state index in [1.807, 2.05) is 0 Å². The molecule has 90 valence electrons. The van der Waals surface area contributed by atoms with Crippen LogP contribution in [0.2, 0.25) is 0 Å². The van der Waals surface area contributed by atoms with Gasteiger partial charge < -0.3 is 9.30 Å². The molecule has 17 heavy (non-hydrogen) atoms. The Morgan fingerprint density at radius 2 is 2.18 bits per heavy atom. The quantitative estimate of drug-likeness (QED) is 0.768. The Balaban J connectivity index is 1.90. The summed E-state index contributed by atoms with van der Waals surface area (Å²) in [5, 5.41) is 1.33. The number of rotatable bonds is 2. The summed E-state index contributed by atoms with van der Waals surface area (Å²) in [6.45, 7) is 4.12. The lowest BCUT2D eigenvalue weighted by Gasteiger charge is -2.24. The van der Waals surface area contributed by atoms with Crippen LogP contribution in [0.5, 0.6) is 0 Å². The van der Waals surface area contributed by atoms with E-state index in [1.54, 1.807) is 0 Å². The van der Waals surface area contributed by atoms with Crippen molar-refractivity contribution in [2.45, 2.75) is 38.8 Å². The van der Waals surface area contributed by atoms with Crippen molar-refractivity contribution in [1.29, 1.82) is 0 Å². The number of fused-ring (bicyclic) bond motifs is 1. The summed E-state index contributed by atoms with van der Waals surface area (Å²) in [6.07, 6.45) is 4.13. The Morgan fingerprint density at radius 1 is 1.29 bits per heavy atom. The number of nitrogens with zero attached hydrogens (tertiary/aromatic N) is 1. The third-order valence-electron chi connectivity index (χ3n) is 3.68. The lowest BCUT2D eigenvalue weighted by Crippen LogP contribution is -2.24. The first-order valence-electron chi connectivity index (χ1n) is 6.51. The molecule has 1 aromatic heterocycles. The number of para-hydroxylation sites is 1. The number of hydrogen-bond acceptors (Lipinski definition) is 1. The molecule has 1 saturated heterocycles. The maximum atomic E-state index is 5.83. The molecule has 1 unspecified atom stereocenters. The minimum atomic E-state index is 0.401. The number of benzene rings is 1. The van der Waals surface area contributed by atoms with Crippen LogP contribution in [0.1, 0.15) is 25.0 Å². The van der Waals surface area contributed by atoms with Crippen molar-refractivity contribution in [3.63, 3.8) is 0 Å². The van der Waals surface area contributed by atoms with E-state index in [0.29, 0.717) is 6.10 Å². The predicted molar refractivity (Wildman–Crippen MR) is 70.3 cm³/mol. The molecule has 2 aromatic rings. The number of ether oxygens (including phenoxy) is 1. The summed E-state index contributed by atoms with van der Waals surface area (Å²) in [6, 6.07) is 10.9. The maximum absolute atomic E-state index is 5.83. The van der Waals surface area contributed by atoms with E-state index in [0.717, 1.165) is 13.2 Å². The van der Waals surface area contributed by atoms with E-state index in [9.17, 15) is 0 Å². The van der Waals surface area contributed by atoms with Crippen molar-refractivity contribution in [2.75, 3.05) is 6.61 Å². The molecular formula is C15H19NO. The van der Waals surface area contributed by atoms with Crippen LogP contribution >= 0.6 is 0 Å². The average Bonchev–Trinajstić information content (AvgIpc) is 2.68. The molecular weight excluding hydrogens is 210 g/mol. The zero-order valence-electron chi connectivity index (χ0n) is 10.4. The van der Waals surface area contributed by atoms with Crippen LogP contribution in [-0.4, -0.2) is 17.3 Å². The van der Waals surface area contributed by atoms with Crippen molar-refractivity contribution in [1.82, 2.24) is 4.57 Å². The summed E-state index contributed by atoms with van der Waals surface area (Å²) in [5.41, 5.74) is 2.67. The highest BCUT2D eigenvalue weighted by molar-refractivity contribution is 5.81. The lowest BCUT2D eigenvalue weighted by molar-refractivity contribution is 0.00642. The topological polar surface area (TPSA) is 14.2 Å². The van der Waals surface area contributed by atoms with Gasteiger partial charge in [0, 0.05) is 24.4 Å². The summed E-state index contributed by atoms with van der Waals surface area (Å²) < 4.78 is 8.23. The van der Waals surface area contributed by atoms with Crippen LogP contribution < -0.4 is 0 Å². The fourth-order valence-corrected chi connectivity index (χ4v) is 2.75. The first-order valence-corrected chi connectivity index (χ1v) is 6.51. The molecule has 2 heterocycles. The highest BCUT2D eigenvalue weighted by atomic mass is 16.5. The van der Waals surface area contributed by atoms with Crippen molar-refractivity contribution in [3.05, 3.63) is 36.0 Å². The van der Waals surface area contributed by atoms with Gasteiger partial charge in [0.05, 0.1) is 6.10 Å². The fourth-order valence-electron chi connectivity index (χ4n) is 2.75. The molecule has 3 rings (SSSR count). The van der Waals surface area contributed by atoms with Crippen molar-refractivity contribution in [3.8, 4) is 0 Å². The minimum absolute atomic E-state index is 0.401. The second-order valence-electron chi connectivity index (χ2n) is 4.94. The zero-order valence-corrected chi connectivity index (χ0v) is 10.4. The standard InChI is InChI=1S/C15H19NO/c1-12-10-13-6-2-3-8-15(13)16(12)11-14-7-4-5-9-17-14/h2-3,6,8,10,14H,4-5,7,9,11H2,1H3. The maximum Gasteiger partial charge on any atom is 0.0754 e. The van der Waals surface area contributed by atoms with Crippen LogP contribution in [0.25, 0.3) is 10.9 Å². The van der Waals surface area contributed by atoms with Gasteiger partial charge in [-0.3, -0.25) is 0 Å². The monoisotopic (exact) mass is 229 g/mol. The van der Waals surface area contributed by atoms with Gasteiger partial charge in [0.2, 0.25) is 0 Å². The highest BCUT2D eigenvalue weighted by Gasteiger charge is 2.16. The molecule has 0 spiro atoms. The molecule has 1 fully saturated rings. The van der Waals surface area contributed by atoms with Gasteiger partial charge in [0.1, 0.15) is 0 Å². The summed E-state index contributed by atoms with van der Waals surface area (Å²) in [5.74, 6) is 0. The minimum Gasteiger partial charge on any atom is -0.376 e. The van der Waals surface area contributed by atoms with Crippen LogP contribution in [0.4, 0.5) is 0 Å². The van der Waals surface area contributed by atoms with E-state index in [-0.39, 0.29) is 0 Å². The molecule has 2 heteroatoms. The largest absolute Gasteiger partial charge is 0.376 e. The second-order valence-corrected chi connectivity index (χ2v) is 4.94. The van der Waals surface area contributed by atoms with Crippen LogP contribution in [0.3, 0.4) is 0 Å². The fraction of sp³-hybridized carbons (Fsp3) is 0.467. The van der Waals surface area contributed by atoms with Gasteiger partial charge in [-0.05, 0) is 43.7 Å². The number of hydrogen-bond donors (Lipinski definition) is 0. The zero-order chi connectivity index (χ0) is 11.7. The van der Waals surface area contributed by atoms with E-state index in [4.69, 9.17) is 4.74 Å². The van der Waals surface area contributed by atoms with Crippen LogP contribution in [0, 0.1) is 6.92 Å². The normalized spacial score (nSPS) is 20.9. The lowest BCUT2D eigenvalue weighted by atomic mass is 10.1. The van der Waals surface area contributed by atoms with Crippen molar-refractivity contribution >= 4 is 10.9 Å². The molecule has 0 bridgehead atoms. The molecule has 1 aliphatic rings. The van der Waals surface area contributed by atoms with Gasteiger partial charge in [-0.1, -0.05) is 18.2 Å². The van der Waals surface area contributed by atoms with Gasteiger partial charge in [-0.25, -0.2) is 0 Å². The first-order chi connectivity index (χ1) is 8.34. The van der Waals surface area contributed by atoms with Gasteiger partial charge >= 0.3 is 0 Å². The van der Waals surface area contributed by atoms with E-state index in [1.165, 1.54) is 35.9 Å². The Bertz CT molecular complexity index is 509. The Hall–Kier alpha value is -1.28. The van der Waals surface area contributed by atoms with E-state index < -0.39 is 0 Å². The Kier molecular flexibility index (Phi) is 2.89. The average molecular weight is 229 g/mol. The van der Waals surface area contributed by atoms with Gasteiger partial charge in [0.15, 0.2) is 0 Å². The van der Waals surface area contributed by atoms with E-state index in [2.05, 4.69) is 41.8 Å². The SMILES string of the molecule is Cc1cc2ccccc2n1CC1CCCCO1. The predicted octanol–water partition coefficient (Wildman–Crippen LogP) is 3.52. The van der Waals surface area contributed by atoms with Gasteiger partial charge in [-0.2, -0.15) is 0 Å². The van der Waals surface area contributed by atoms with E-state index >= 15 is 0 Å². The number of aromatic nitrogens is 1. The van der Waals surface area contributed by atoms with Gasteiger partial charge in [0.25, 0.3) is 0 Å². The molecule has 0 saturated carbocycles. The van der Waals surface area contributed by atoms with Crippen LogP contribution in [-0.2, 0) is 11.3 Å². The number of aryl methyl sites for hydroxylation is 1. The van der Waals surface area contributed by atoms with Crippen molar-refractivity contribution < 1.29 is 4.74 Å². The molecule has 1 aliphatic heterocycles. The molecule has 1 aromatic carbocycles. The van der Waals surface area contributed by atoms with Crippen molar-refractivity contribution in [2.24, 2.45) is 0 Å². The Morgan fingerprint density at radius 3 is 3.00 bits per heavy atom. The summed E-state index contributed by atoms with van der Waals surface area (Å²) in [7, 11) is 0. The Labute approximate surface area is 102 Å². The second kappa shape index (κ2) is 4.53. The summed E-state index contributed by atoms with van der Waals surface area (Å²) in [4.78, 5) is 0. The third-order valence-corrected chi connectivity index (χ3v) is 3.68. The first kappa shape index (κ1) is 10.8. The molecule has 0 N–H and O–H groups in total. The third kappa shape index (κ3) is 2.09. The van der Waals surface area contributed by atoms with Crippen LogP contribution in [0.15, 0.2) is 30.3 Å². The highest BCUT2D eigenvalue weighted by Crippen LogP contribution is 2.22. The molecule has 0 amide bonds. The molecule has 2 nitrogen and oxygen atoms in total. The summed E-state index contributed by atoms with van der Waals surface area (Å²) >= 11 is 0. The van der Waals surface area contributed by atoms with Gasteiger partial charge in [-0.15, -0.1) is 0 Å². The molecule has 1 atom stereocenters. The molecule has 0 aliphatic carbocycles.